The van der Waals surface area contributed by atoms with Crippen LogP contribution < -0.4 is 10.6 Å². The molecule has 0 radical (unpaired) electrons. The van der Waals surface area contributed by atoms with Crippen LogP contribution in [0.4, 0.5) is 10.1 Å². The van der Waals surface area contributed by atoms with Gasteiger partial charge in [-0.2, -0.15) is 0 Å². The fraction of sp³-hybridized carbons (Fsp3) is 0.167. The number of carbonyl (C=O) groups is 3. The number of anilines is 1. The van der Waals surface area contributed by atoms with Crippen molar-refractivity contribution in [3.8, 4) is 0 Å². The van der Waals surface area contributed by atoms with E-state index in [1.165, 1.54) is 19.1 Å². The quantitative estimate of drug-likeness (QED) is 0.653. The molecular formula is C18H17FN2O3. The molecule has 124 valence electrons. The number of amides is 2. The highest BCUT2D eigenvalue weighted by molar-refractivity contribution is 6.39. The van der Waals surface area contributed by atoms with Gasteiger partial charge >= 0.3 is 11.8 Å². The van der Waals surface area contributed by atoms with Gasteiger partial charge in [0, 0.05) is 17.8 Å². The zero-order chi connectivity index (χ0) is 17.5. The average molecular weight is 328 g/mol. The maximum absolute atomic E-state index is 12.8. The van der Waals surface area contributed by atoms with E-state index in [2.05, 4.69) is 10.6 Å². The second-order valence-corrected chi connectivity index (χ2v) is 5.22. The Morgan fingerprint density at radius 3 is 2.12 bits per heavy atom. The summed E-state index contributed by atoms with van der Waals surface area (Å²) in [5, 5.41) is 4.95. The number of ketones is 1. The van der Waals surface area contributed by atoms with Crippen LogP contribution in [0.2, 0.25) is 0 Å². The Labute approximate surface area is 138 Å². The Hall–Kier alpha value is -3.02. The van der Waals surface area contributed by atoms with Gasteiger partial charge in [0.25, 0.3) is 0 Å². The predicted molar refractivity (Wildman–Crippen MR) is 88.2 cm³/mol. The van der Waals surface area contributed by atoms with Crippen LogP contribution >= 0.6 is 0 Å². The first-order valence-electron chi connectivity index (χ1n) is 7.40. The van der Waals surface area contributed by atoms with Gasteiger partial charge in [0.1, 0.15) is 5.82 Å². The predicted octanol–water partition coefficient (Wildman–Crippen LogP) is 2.33. The standard InChI is InChI=1S/C18H17FN2O3/c1-12(22)14-4-8-16(9-5-14)21-18(24)17(23)20-11-10-13-2-6-15(19)7-3-13/h2-9H,10-11H2,1H3,(H,20,23)(H,21,24). The molecule has 2 rings (SSSR count). The third kappa shape index (κ3) is 5.01. The molecule has 0 fully saturated rings. The summed E-state index contributed by atoms with van der Waals surface area (Å²) in [5.74, 6) is -1.94. The maximum atomic E-state index is 12.8. The molecule has 0 saturated heterocycles. The summed E-state index contributed by atoms with van der Waals surface area (Å²) in [6.07, 6.45) is 0.493. The lowest BCUT2D eigenvalue weighted by Gasteiger charge is -2.07. The van der Waals surface area contributed by atoms with Crippen molar-refractivity contribution in [2.45, 2.75) is 13.3 Å². The Morgan fingerprint density at radius 1 is 0.917 bits per heavy atom. The minimum absolute atomic E-state index is 0.0774. The first kappa shape index (κ1) is 17.3. The third-order valence-corrected chi connectivity index (χ3v) is 3.37. The zero-order valence-corrected chi connectivity index (χ0v) is 13.1. The van der Waals surface area contributed by atoms with Crippen LogP contribution in [0.1, 0.15) is 22.8 Å². The van der Waals surface area contributed by atoms with Crippen LogP contribution in [0, 0.1) is 5.82 Å². The van der Waals surface area contributed by atoms with E-state index in [1.54, 1.807) is 36.4 Å². The molecule has 2 aromatic rings. The molecule has 0 aliphatic heterocycles. The van der Waals surface area contributed by atoms with Crippen molar-refractivity contribution in [2.75, 3.05) is 11.9 Å². The van der Waals surface area contributed by atoms with Crippen molar-refractivity contribution in [1.82, 2.24) is 5.32 Å². The average Bonchev–Trinajstić information content (AvgIpc) is 2.57. The summed E-state index contributed by atoms with van der Waals surface area (Å²) >= 11 is 0. The summed E-state index contributed by atoms with van der Waals surface area (Å²) in [5.41, 5.74) is 1.81. The summed E-state index contributed by atoms with van der Waals surface area (Å²) < 4.78 is 12.8. The van der Waals surface area contributed by atoms with Gasteiger partial charge in [-0.15, -0.1) is 0 Å². The number of carbonyl (C=O) groups excluding carboxylic acids is 3. The van der Waals surface area contributed by atoms with Gasteiger partial charge in [-0.25, -0.2) is 4.39 Å². The van der Waals surface area contributed by atoms with Crippen LogP contribution in [0.3, 0.4) is 0 Å². The molecule has 2 aromatic carbocycles. The molecule has 0 aliphatic carbocycles. The smallest absolute Gasteiger partial charge is 0.313 e. The normalized spacial score (nSPS) is 10.1. The monoisotopic (exact) mass is 328 g/mol. The van der Waals surface area contributed by atoms with Gasteiger partial charge < -0.3 is 10.6 Å². The first-order valence-corrected chi connectivity index (χ1v) is 7.40. The van der Waals surface area contributed by atoms with Crippen molar-refractivity contribution in [1.29, 1.82) is 0 Å². The summed E-state index contributed by atoms with van der Waals surface area (Å²) in [4.78, 5) is 34.7. The molecule has 0 unspecified atom stereocenters. The Bertz CT molecular complexity index is 740. The van der Waals surface area contributed by atoms with Gasteiger partial charge in [-0.1, -0.05) is 12.1 Å². The topological polar surface area (TPSA) is 75.3 Å². The van der Waals surface area contributed by atoms with Crippen LogP contribution in [0.25, 0.3) is 0 Å². The number of Topliss-reactive ketones (excluding diaryl/α,β-unsaturated/α-hetero) is 1. The zero-order valence-electron chi connectivity index (χ0n) is 13.1. The van der Waals surface area contributed by atoms with Crippen molar-refractivity contribution < 1.29 is 18.8 Å². The van der Waals surface area contributed by atoms with Gasteiger partial charge in [-0.05, 0) is 55.3 Å². The summed E-state index contributed by atoms with van der Waals surface area (Å²) in [6.45, 7) is 1.71. The highest BCUT2D eigenvalue weighted by atomic mass is 19.1. The molecule has 24 heavy (non-hydrogen) atoms. The van der Waals surface area contributed by atoms with E-state index in [0.29, 0.717) is 17.7 Å². The third-order valence-electron chi connectivity index (χ3n) is 3.37. The van der Waals surface area contributed by atoms with E-state index >= 15 is 0 Å². The van der Waals surface area contributed by atoms with E-state index in [9.17, 15) is 18.8 Å². The molecule has 0 atom stereocenters. The fourth-order valence-electron chi connectivity index (χ4n) is 2.03. The molecule has 0 bridgehead atoms. The minimum atomic E-state index is -0.787. The molecule has 2 amide bonds. The van der Waals surface area contributed by atoms with E-state index in [-0.39, 0.29) is 18.1 Å². The van der Waals surface area contributed by atoms with Crippen molar-refractivity contribution in [3.63, 3.8) is 0 Å². The van der Waals surface area contributed by atoms with Crippen molar-refractivity contribution >= 4 is 23.3 Å². The lowest BCUT2D eigenvalue weighted by atomic mass is 10.1. The van der Waals surface area contributed by atoms with E-state index < -0.39 is 11.8 Å². The van der Waals surface area contributed by atoms with E-state index in [4.69, 9.17) is 0 Å². The molecule has 0 aromatic heterocycles. The van der Waals surface area contributed by atoms with Crippen LogP contribution in [0.5, 0.6) is 0 Å². The lowest BCUT2D eigenvalue weighted by Crippen LogP contribution is -2.36. The summed E-state index contributed by atoms with van der Waals surface area (Å²) in [7, 11) is 0. The van der Waals surface area contributed by atoms with Crippen molar-refractivity contribution in [3.05, 3.63) is 65.5 Å². The number of benzene rings is 2. The van der Waals surface area contributed by atoms with Crippen LogP contribution in [-0.4, -0.2) is 24.1 Å². The number of rotatable bonds is 5. The van der Waals surface area contributed by atoms with Gasteiger partial charge in [-0.3, -0.25) is 14.4 Å². The van der Waals surface area contributed by atoms with Crippen LogP contribution in [-0.2, 0) is 16.0 Å². The fourth-order valence-corrected chi connectivity index (χ4v) is 2.03. The summed E-state index contributed by atoms with van der Waals surface area (Å²) in [6, 6.07) is 12.2. The highest BCUT2D eigenvalue weighted by Crippen LogP contribution is 2.10. The highest BCUT2D eigenvalue weighted by Gasteiger charge is 2.13. The van der Waals surface area contributed by atoms with Crippen molar-refractivity contribution in [2.24, 2.45) is 0 Å². The molecule has 5 nitrogen and oxygen atoms in total. The second kappa shape index (κ2) is 8.01. The molecule has 0 heterocycles. The molecule has 0 aliphatic rings. The van der Waals surface area contributed by atoms with Gasteiger partial charge in [0.05, 0.1) is 0 Å². The molecule has 0 saturated carbocycles. The molecular weight excluding hydrogens is 311 g/mol. The number of halogens is 1. The number of hydrogen-bond acceptors (Lipinski definition) is 3. The second-order valence-electron chi connectivity index (χ2n) is 5.22. The first-order chi connectivity index (χ1) is 11.5. The number of hydrogen-bond donors (Lipinski definition) is 2. The largest absolute Gasteiger partial charge is 0.347 e. The maximum Gasteiger partial charge on any atom is 0.313 e. The van der Waals surface area contributed by atoms with Gasteiger partial charge in [0.2, 0.25) is 0 Å². The minimum Gasteiger partial charge on any atom is -0.347 e. The number of nitrogens with one attached hydrogen (secondary N) is 2. The van der Waals surface area contributed by atoms with Crippen LogP contribution in [0.15, 0.2) is 48.5 Å². The Balaban J connectivity index is 1.80. The Morgan fingerprint density at radius 2 is 1.54 bits per heavy atom. The van der Waals surface area contributed by atoms with Gasteiger partial charge in [0.15, 0.2) is 5.78 Å². The van der Waals surface area contributed by atoms with E-state index in [1.807, 2.05) is 0 Å². The molecule has 0 spiro atoms. The molecule has 6 heteroatoms. The van der Waals surface area contributed by atoms with E-state index in [0.717, 1.165) is 5.56 Å². The lowest BCUT2D eigenvalue weighted by molar-refractivity contribution is -0.136. The Kier molecular flexibility index (Phi) is 5.78. The SMILES string of the molecule is CC(=O)c1ccc(NC(=O)C(=O)NCCc2ccc(F)cc2)cc1. The molecule has 2 N–H and O–H groups in total.